The normalized spacial score (nSPS) is 11.9. The van der Waals surface area contributed by atoms with Crippen LogP contribution >= 0.6 is 0 Å². The average Bonchev–Trinajstić information content (AvgIpc) is 2.97. The maximum absolute atomic E-state index is 12.5. The highest BCUT2D eigenvalue weighted by molar-refractivity contribution is 5.94. The topological polar surface area (TPSA) is 159 Å². The minimum atomic E-state index is -1.20. The van der Waals surface area contributed by atoms with Gasteiger partial charge in [-0.05, 0) is 83.4 Å². The number of hydrogen-bond acceptors (Lipinski definition) is 10. The maximum Gasteiger partial charge on any atom is 0.252 e. The first-order valence-electron chi connectivity index (χ1n) is 15.1. The molecule has 2 amide bonds. The first kappa shape index (κ1) is 35.7. The van der Waals surface area contributed by atoms with Gasteiger partial charge in [-0.2, -0.15) is 0 Å². The zero-order valence-electron chi connectivity index (χ0n) is 26.9. The predicted octanol–water partition coefficient (Wildman–Crippen LogP) is 3.11. The summed E-state index contributed by atoms with van der Waals surface area (Å²) in [6, 6.07) is 11.2. The molecule has 3 aromatic rings. The average molecular weight is 623 g/mol. The van der Waals surface area contributed by atoms with Crippen molar-refractivity contribution in [2.45, 2.75) is 78.7 Å². The van der Waals surface area contributed by atoms with E-state index in [-0.39, 0.29) is 11.8 Å². The molecule has 0 saturated heterocycles. The number of rotatable bonds is 18. The molecule has 0 aliphatic heterocycles. The standard InChI is InChI=1S/C33H46N6O6/c1-24-8-11-27(36-18-24)21-39(22-28-12-9-25(19-37-28)30(40)34-14-6-16-44-32(2,3)42)23-29-13-10-26(20-38-29)31(41)35-15-7-17-45-33(4,5)43/h8-13,18-20,42-43H,6-7,14-17,21-23H2,1-5H3,(H,34,40)(H,35,41). The van der Waals surface area contributed by atoms with Crippen molar-refractivity contribution >= 4 is 11.8 Å². The third-order valence-corrected chi connectivity index (χ3v) is 6.43. The molecule has 3 aromatic heterocycles. The number of ether oxygens (including phenoxy) is 2. The lowest BCUT2D eigenvalue weighted by molar-refractivity contribution is -0.176. The molecule has 244 valence electrons. The van der Waals surface area contributed by atoms with Crippen molar-refractivity contribution in [1.29, 1.82) is 0 Å². The number of aryl methyl sites for hydroxylation is 1. The van der Waals surface area contributed by atoms with Gasteiger partial charge in [-0.3, -0.25) is 29.4 Å². The van der Waals surface area contributed by atoms with Gasteiger partial charge in [0.15, 0.2) is 11.6 Å². The maximum atomic E-state index is 12.5. The van der Waals surface area contributed by atoms with Crippen LogP contribution in [-0.4, -0.2) is 79.8 Å². The zero-order valence-corrected chi connectivity index (χ0v) is 26.9. The Morgan fingerprint density at radius 3 is 1.42 bits per heavy atom. The minimum Gasteiger partial charge on any atom is -0.366 e. The number of nitrogens with zero attached hydrogens (tertiary/aromatic N) is 4. The number of pyridine rings is 3. The van der Waals surface area contributed by atoms with Crippen molar-refractivity contribution in [1.82, 2.24) is 30.5 Å². The number of aromatic nitrogens is 3. The molecule has 0 atom stereocenters. The lowest BCUT2D eigenvalue weighted by Gasteiger charge is -2.21. The van der Waals surface area contributed by atoms with E-state index in [0.29, 0.717) is 69.9 Å². The van der Waals surface area contributed by atoms with E-state index in [1.807, 2.05) is 37.4 Å². The van der Waals surface area contributed by atoms with Crippen LogP contribution in [-0.2, 0) is 29.1 Å². The van der Waals surface area contributed by atoms with E-state index in [2.05, 4.69) is 30.5 Å². The Labute approximate surface area is 265 Å². The van der Waals surface area contributed by atoms with Crippen LogP contribution in [0.2, 0.25) is 0 Å². The van der Waals surface area contributed by atoms with Gasteiger partial charge in [-0.25, -0.2) is 0 Å². The van der Waals surface area contributed by atoms with Gasteiger partial charge in [-0.1, -0.05) is 6.07 Å². The van der Waals surface area contributed by atoms with Gasteiger partial charge in [-0.15, -0.1) is 0 Å². The Hall–Kier alpha value is -3.81. The summed E-state index contributed by atoms with van der Waals surface area (Å²) >= 11 is 0. The summed E-state index contributed by atoms with van der Waals surface area (Å²) in [5, 5.41) is 24.9. The lowest BCUT2D eigenvalue weighted by atomic mass is 10.2. The molecule has 0 unspecified atom stereocenters. The number of amides is 2. The number of hydrogen-bond donors (Lipinski definition) is 4. The molecule has 0 aromatic carbocycles. The number of aliphatic hydroxyl groups is 2. The van der Waals surface area contributed by atoms with E-state index in [4.69, 9.17) is 9.47 Å². The number of carbonyl (C=O) groups is 2. The van der Waals surface area contributed by atoms with Gasteiger partial charge in [0.05, 0.1) is 41.4 Å². The number of carbonyl (C=O) groups excluding carboxylic acids is 2. The second-order valence-corrected chi connectivity index (χ2v) is 11.9. The van der Waals surface area contributed by atoms with Gasteiger partial charge in [0.25, 0.3) is 11.8 Å². The number of nitrogens with one attached hydrogen (secondary N) is 2. The first-order chi connectivity index (χ1) is 21.3. The monoisotopic (exact) mass is 622 g/mol. The summed E-state index contributed by atoms with van der Waals surface area (Å²) in [5.41, 5.74) is 4.44. The highest BCUT2D eigenvalue weighted by atomic mass is 16.6. The molecule has 12 heteroatoms. The van der Waals surface area contributed by atoms with Crippen molar-refractivity contribution in [2.24, 2.45) is 0 Å². The van der Waals surface area contributed by atoms with Gasteiger partial charge in [0.1, 0.15) is 0 Å². The van der Waals surface area contributed by atoms with Crippen molar-refractivity contribution in [2.75, 3.05) is 26.3 Å². The Kier molecular flexibility index (Phi) is 13.5. The Bertz CT molecular complexity index is 1260. The molecular formula is C33H46N6O6. The van der Waals surface area contributed by atoms with E-state index in [1.165, 1.54) is 0 Å². The summed E-state index contributed by atoms with van der Waals surface area (Å²) in [7, 11) is 0. The van der Waals surface area contributed by atoms with Crippen LogP contribution in [0, 0.1) is 6.92 Å². The Morgan fingerprint density at radius 2 is 1.09 bits per heavy atom. The third kappa shape index (κ3) is 14.2. The van der Waals surface area contributed by atoms with Crippen LogP contribution in [0.1, 0.15) is 83.9 Å². The van der Waals surface area contributed by atoms with Gasteiger partial charge < -0.3 is 30.3 Å². The fraction of sp³-hybridized carbons (Fsp3) is 0.485. The summed E-state index contributed by atoms with van der Waals surface area (Å²) in [5.74, 6) is -2.85. The lowest BCUT2D eigenvalue weighted by Crippen LogP contribution is -2.28. The first-order valence-corrected chi connectivity index (χ1v) is 15.1. The van der Waals surface area contributed by atoms with Crippen molar-refractivity contribution in [3.63, 3.8) is 0 Å². The van der Waals surface area contributed by atoms with Crippen LogP contribution in [0.4, 0.5) is 0 Å². The highest BCUT2D eigenvalue weighted by Gasteiger charge is 2.15. The van der Waals surface area contributed by atoms with Crippen LogP contribution in [0.5, 0.6) is 0 Å². The molecule has 3 heterocycles. The molecule has 12 nitrogen and oxygen atoms in total. The van der Waals surface area contributed by atoms with E-state index in [1.54, 1.807) is 52.2 Å². The van der Waals surface area contributed by atoms with Gasteiger partial charge in [0, 0.05) is 51.3 Å². The second kappa shape index (κ2) is 17.0. The summed E-state index contributed by atoms with van der Waals surface area (Å²) in [6.07, 6.45) is 6.09. The largest absolute Gasteiger partial charge is 0.366 e. The molecule has 0 radical (unpaired) electrons. The summed E-state index contributed by atoms with van der Waals surface area (Å²) < 4.78 is 10.5. The van der Waals surface area contributed by atoms with Crippen LogP contribution in [0.25, 0.3) is 0 Å². The highest BCUT2D eigenvalue weighted by Crippen LogP contribution is 2.13. The molecule has 3 rings (SSSR count). The van der Waals surface area contributed by atoms with E-state index >= 15 is 0 Å². The molecule has 0 spiro atoms. The zero-order chi connectivity index (χ0) is 32.9. The van der Waals surface area contributed by atoms with Crippen molar-refractivity contribution in [3.05, 3.63) is 88.8 Å². The fourth-order valence-electron chi connectivity index (χ4n) is 4.15. The Balaban J connectivity index is 1.58. The molecule has 0 aliphatic rings. The molecule has 4 N–H and O–H groups in total. The SMILES string of the molecule is Cc1ccc(CN(Cc2ccc(C(=O)NCCCOC(C)(C)O)cn2)Cc2ccc(C(=O)NCCCOC(C)(C)O)cn2)nc1. The van der Waals surface area contributed by atoms with Crippen molar-refractivity contribution < 1.29 is 29.3 Å². The minimum absolute atomic E-state index is 0.228. The van der Waals surface area contributed by atoms with E-state index in [9.17, 15) is 19.8 Å². The molecule has 0 aliphatic carbocycles. The van der Waals surface area contributed by atoms with Crippen molar-refractivity contribution in [3.8, 4) is 0 Å². The fourth-order valence-corrected chi connectivity index (χ4v) is 4.15. The Morgan fingerprint density at radius 1 is 0.689 bits per heavy atom. The van der Waals surface area contributed by atoms with Gasteiger partial charge in [0.2, 0.25) is 0 Å². The quantitative estimate of drug-likeness (QED) is 0.123. The smallest absolute Gasteiger partial charge is 0.252 e. The molecular weight excluding hydrogens is 576 g/mol. The van der Waals surface area contributed by atoms with Crippen LogP contribution in [0.3, 0.4) is 0 Å². The molecule has 45 heavy (non-hydrogen) atoms. The second-order valence-electron chi connectivity index (χ2n) is 11.9. The molecule has 0 bridgehead atoms. The van der Waals surface area contributed by atoms with E-state index < -0.39 is 11.6 Å². The molecule has 0 saturated carbocycles. The van der Waals surface area contributed by atoms with Crippen LogP contribution < -0.4 is 10.6 Å². The summed E-state index contributed by atoms with van der Waals surface area (Å²) in [6.45, 7) is 11.3. The molecule has 0 fully saturated rings. The van der Waals surface area contributed by atoms with Crippen LogP contribution in [0.15, 0.2) is 55.0 Å². The summed E-state index contributed by atoms with van der Waals surface area (Å²) in [4.78, 5) is 40.8. The van der Waals surface area contributed by atoms with Gasteiger partial charge >= 0.3 is 0 Å². The van der Waals surface area contributed by atoms with E-state index in [0.717, 1.165) is 22.6 Å². The third-order valence-electron chi connectivity index (χ3n) is 6.43. The predicted molar refractivity (Wildman–Crippen MR) is 169 cm³/mol.